The average Bonchev–Trinajstić information content (AvgIpc) is 3.31. The van der Waals surface area contributed by atoms with E-state index in [0.717, 1.165) is 57.1 Å². The third-order valence-corrected chi connectivity index (χ3v) is 6.86. The second kappa shape index (κ2) is 30.5. The van der Waals surface area contributed by atoms with Crippen LogP contribution in [0.4, 0.5) is 0 Å². The molecule has 45 heavy (non-hydrogen) atoms. The molecular formula is C39H68N6. The van der Waals surface area contributed by atoms with Crippen molar-refractivity contribution in [2.75, 3.05) is 32.7 Å². The molecule has 0 amide bonds. The Morgan fingerprint density at radius 2 is 1.29 bits per heavy atom. The van der Waals surface area contributed by atoms with Crippen LogP contribution in [0.15, 0.2) is 111 Å². The summed E-state index contributed by atoms with van der Waals surface area (Å²) in [5.41, 5.74) is 26.0. The van der Waals surface area contributed by atoms with Gasteiger partial charge in [0.25, 0.3) is 0 Å². The highest BCUT2D eigenvalue weighted by molar-refractivity contribution is 5.18. The van der Waals surface area contributed by atoms with E-state index < -0.39 is 0 Å². The van der Waals surface area contributed by atoms with E-state index in [1.165, 1.54) is 54.9 Å². The van der Waals surface area contributed by atoms with Gasteiger partial charge in [0.2, 0.25) is 0 Å². The molecule has 1 saturated heterocycles. The number of rotatable bonds is 12. The molecule has 6 heteroatoms. The van der Waals surface area contributed by atoms with Crippen LogP contribution in [0.2, 0.25) is 0 Å². The van der Waals surface area contributed by atoms with Crippen molar-refractivity contribution in [3.63, 3.8) is 0 Å². The number of likely N-dealkylation sites (tertiary alicyclic amines) is 1. The van der Waals surface area contributed by atoms with E-state index in [0.29, 0.717) is 12.5 Å². The fourth-order valence-corrected chi connectivity index (χ4v) is 4.55. The first-order valence-corrected chi connectivity index (χ1v) is 16.6. The quantitative estimate of drug-likeness (QED) is 0.168. The Labute approximate surface area is 277 Å². The molecule has 0 spiro atoms. The number of nitrogens with zero attached hydrogens (tertiary/aromatic N) is 1. The Bertz CT molecular complexity index is 957. The van der Waals surface area contributed by atoms with E-state index in [4.69, 9.17) is 11.5 Å². The Morgan fingerprint density at radius 3 is 1.69 bits per heavy atom. The Kier molecular flexibility index (Phi) is 29.6. The molecule has 0 bridgehead atoms. The molecule has 1 fully saturated rings. The van der Waals surface area contributed by atoms with Crippen molar-refractivity contribution >= 4 is 0 Å². The van der Waals surface area contributed by atoms with Gasteiger partial charge < -0.3 is 33.2 Å². The summed E-state index contributed by atoms with van der Waals surface area (Å²) in [6, 6.07) is 20.8. The molecule has 0 radical (unpaired) electrons. The summed E-state index contributed by atoms with van der Waals surface area (Å²) >= 11 is 0. The Hall–Kier alpha value is -3.48. The lowest BCUT2D eigenvalue weighted by Gasteiger charge is -2.32. The SMILES string of the molecule is C=C(NCC(CCCN)C(=C)N1CCCCCC1)C(CN)Cc1ccccc1.C=CN.C=CN.CC(C)C.Cc1ccccc1. The summed E-state index contributed by atoms with van der Waals surface area (Å²) in [5, 5.41) is 3.60. The minimum Gasteiger partial charge on any atom is -0.405 e. The number of nitrogens with two attached hydrogens (primary N) is 4. The van der Waals surface area contributed by atoms with Gasteiger partial charge in [0.15, 0.2) is 0 Å². The molecule has 3 rings (SSSR count). The van der Waals surface area contributed by atoms with Gasteiger partial charge in [0.05, 0.1) is 0 Å². The molecule has 0 aromatic heterocycles. The van der Waals surface area contributed by atoms with Gasteiger partial charge in [-0.2, -0.15) is 0 Å². The van der Waals surface area contributed by atoms with Crippen LogP contribution in [-0.2, 0) is 6.42 Å². The number of aryl methyl sites for hydroxylation is 1. The number of nitrogens with one attached hydrogen (secondary N) is 1. The van der Waals surface area contributed by atoms with Gasteiger partial charge in [-0.05, 0) is 69.5 Å². The largest absolute Gasteiger partial charge is 0.405 e. The molecule has 0 saturated carbocycles. The van der Waals surface area contributed by atoms with Gasteiger partial charge in [-0.3, -0.25) is 0 Å². The summed E-state index contributed by atoms with van der Waals surface area (Å²) < 4.78 is 0. The monoisotopic (exact) mass is 621 g/mol. The van der Waals surface area contributed by atoms with Crippen molar-refractivity contribution in [3.05, 3.63) is 122 Å². The summed E-state index contributed by atoms with van der Waals surface area (Å²) in [5.74, 6) is 1.47. The second-order valence-corrected chi connectivity index (χ2v) is 11.9. The first kappa shape index (κ1) is 43.6. The predicted octanol–water partition coefficient (Wildman–Crippen LogP) is 7.49. The van der Waals surface area contributed by atoms with E-state index in [1.807, 2.05) is 24.3 Å². The topological polar surface area (TPSA) is 119 Å². The molecule has 6 nitrogen and oxygen atoms in total. The highest BCUT2D eigenvalue weighted by Crippen LogP contribution is 2.23. The maximum absolute atomic E-state index is 6.06. The van der Waals surface area contributed by atoms with Crippen molar-refractivity contribution in [1.29, 1.82) is 0 Å². The van der Waals surface area contributed by atoms with Crippen LogP contribution in [0, 0.1) is 24.7 Å². The zero-order valence-corrected chi connectivity index (χ0v) is 29.2. The summed E-state index contributed by atoms with van der Waals surface area (Å²) in [6.07, 6.45) is 10.7. The molecule has 1 aliphatic rings. The minimum atomic E-state index is 0.240. The summed E-state index contributed by atoms with van der Waals surface area (Å²) in [7, 11) is 0. The van der Waals surface area contributed by atoms with Gasteiger partial charge in [0.1, 0.15) is 0 Å². The highest BCUT2D eigenvalue weighted by Gasteiger charge is 2.20. The van der Waals surface area contributed by atoms with Gasteiger partial charge in [-0.15, -0.1) is 0 Å². The van der Waals surface area contributed by atoms with Crippen molar-refractivity contribution in [1.82, 2.24) is 10.2 Å². The lowest BCUT2D eigenvalue weighted by Crippen LogP contribution is -2.35. The van der Waals surface area contributed by atoms with Crippen molar-refractivity contribution in [2.45, 2.75) is 72.6 Å². The van der Waals surface area contributed by atoms with Crippen LogP contribution in [0.1, 0.15) is 70.4 Å². The smallest absolute Gasteiger partial charge is 0.0226 e. The third-order valence-electron chi connectivity index (χ3n) is 6.86. The second-order valence-electron chi connectivity index (χ2n) is 11.9. The number of hydrogen-bond donors (Lipinski definition) is 5. The van der Waals surface area contributed by atoms with E-state index in [9.17, 15) is 0 Å². The van der Waals surface area contributed by atoms with Gasteiger partial charge in [-0.1, -0.05) is 126 Å². The molecule has 9 N–H and O–H groups in total. The molecule has 1 aliphatic heterocycles. The molecular weight excluding hydrogens is 552 g/mol. The zero-order chi connectivity index (χ0) is 34.3. The minimum absolute atomic E-state index is 0.240. The summed E-state index contributed by atoms with van der Waals surface area (Å²) in [4.78, 5) is 2.50. The van der Waals surface area contributed by atoms with Crippen LogP contribution in [0.5, 0.6) is 0 Å². The lowest BCUT2D eigenvalue weighted by molar-refractivity contribution is 0.300. The standard InChI is InChI=1S/C24H40N4.C7H8.C4H10.2C2H5N/c1-20(24(18-26)17-22-11-6-5-7-12-22)27-19-23(13-10-14-25)21(2)28-15-8-3-4-9-16-28;1-7-5-3-2-4-6-7;1-4(2)3;2*1-2-3/h5-7,11-12,23-24,27H,1-4,8-10,13-19,25-26H2;2-6H,1H3;4H,1-3H3;2*2H,1,3H2. The average molecular weight is 621 g/mol. The summed E-state index contributed by atoms with van der Waals surface area (Å²) in [6.45, 7) is 28.1. The van der Waals surface area contributed by atoms with Crippen molar-refractivity contribution in [2.24, 2.45) is 40.7 Å². The van der Waals surface area contributed by atoms with Gasteiger partial charge >= 0.3 is 0 Å². The van der Waals surface area contributed by atoms with Gasteiger partial charge in [0, 0.05) is 49.4 Å². The highest BCUT2D eigenvalue weighted by atomic mass is 15.1. The van der Waals surface area contributed by atoms with Crippen LogP contribution >= 0.6 is 0 Å². The molecule has 0 aliphatic carbocycles. The maximum atomic E-state index is 6.06. The molecule has 2 atom stereocenters. The molecule has 2 unspecified atom stereocenters. The maximum Gasteiger partial charge on any atom is 0.0226 e. The van der Waals surface area contributed by atoms with Gasteiger partial charge in [-0.25, -0.2) is 0 Å². The molecule has 2 aromatic rings. The number of hydrogen-bond acceptors (Lipinski definition) is 6. The van der Waals surface area contributed by atoms with E-state index in [-0.39, 0.29) is 5.92 Å². The first-order valence-electron chi connectivity index (χ1n) is 16.6. The van der Waals surface area contributed by atoms with Crippen LogP contribution in [0.3, 0.4) is 0 Å². The Balaban J connectivity index is 0. The lowest BCUT2D eigenvalue weighted by atomic mass is 9.95. The van der Waals surface area contributed by atoms with Crippen LogP contribution in [0.25, 0.3) is 0 Å². The van der Waals surface area contributed by atoms with E-state index in [1.54, 1.807) is 0 Å². The Morgan fingerprint density at radius 1 is 0.822 bits per heavy atom. The third kappa shape index (κ3) is 25.5. The normalized spacial score (nSPS) is 13.2. The molecule has 254 valence electrons. The first-order chi connectivity index (χ1) is 21.6. The van der Waals surface area contributed by atoms with Crippen molar-refractivity contribution < 1.29 is 0 Å². The van der Waals surface area contributed by atoms with E-state index in [2.05, 4.69) is 112 Å². The fraction of sp³-hybridized carbons (Fsp3) is 0.487. The van der Waals surface area contributed by atoms with E-state index >= 15 is 0 Å². The van der Waals surface area contributed by atoms with Crippen molar-refractivity contribution in [3.8, 4) is 0 Å². The van der Waals surface area contributed by atoms with Crippen LogP contribution < -0.4 is 28.3 Å². The number of benzene rings is 2. The molecule has 1 heterocycles. The van der Waals surface area contributed by atoms with Crippen LogP contribution in [-0.4, -0.2) is 37.6 Å². The molecule has 2 aromatic carbocycles. The predicted molar refractivity (Wildman–Crippen MR) is 201 cm³/mol. The fourth-order valence-electron chi connectivity index (χ4n) is 4.55. The zero-order valence-electron chi connectivity index (χ0n) is 29.2.